The van der Waals surface area contributed by atoms with Gasteiger partial charge in [0.15, 0.2) is 0 Å². The number of nitrogens with zero attached hydrogens (tertiary/aromatic N) is 10. The highest BCUT2D eigenvalue weighted by atomic mass is 14.8. The molecule has 0 aliphatic carbocycles. The predicted molar refractivity (Wildman–Crippen MR) is 427 cm³/mol. The lowest BCUT2D eigenvalue weighted by Crippen LogP contribution is -1.95. The van der Waals surface area contributed by atoms with Crippen LogP contribution in [0.5, 0.6) is 0 Å². The predicted octanol–water partition coefficient (Wildman–Crippen LogP) is 23.3. The van der Waals surface area contributed by atoms with Crippen LogP contribution in [0.3, 0.4) is 0 Å². The number of rotatable bonds is 8. The molecule has 11 aromatic carbocycles. The molecule has 0 spiro atoms. The van der Waals surface area contributed by atoms with Gasteiger partial charge < -0.3 is 0 Å². The van der Waals surface area contributed by atoms with Crippen LogP contribution < -0.4 is 0 Å². The van der Waals surface area contributed by atoms with Gasteiger partial charge in [-0.05, 0) is 188 Å². The molecule has 0 N–H and O–H groups in total. The van der Waals surface area contributed by atoms with Crippen LogP contribution >= 0.6 is 0 Å². The quantitative estimate of drug-likeness (QED) is 0.107. The third-order valence-electron chi connectivity index (χ3n) is 20.0. The van der Waals surface area contributed by atoms with Crippen molar-refractivity contribution >= 4 is 120 Å². The van der Waals surface area contributed by atoms with Crippen molar-refractivity contribution in [2.75, 3.05) is 0 Å². The van der Waals surface area contributed by atoms with Crippen LogP contribution in [0.4, 0.5) is 0 Å². The molecular formula is C94H56N10. The largest absolute Gasteiger partial charge is 0.255 e. The molecule has 0 saturated heterocycles. The van der Waals surface area contributed by atoms with Gasteiger partial charge in [-0.2, -0.15) is 0 Å². The van der Waals surface area contributed by atoms with Crippen LogP contribution in [0.2, 0.25) is 0 Å². The Bertz CT molecular complexity index is 7010. The zero-order valence-corrected chi connectivity index (χ0v) is 55.8. The Morgan fingerprint density at radius 1 is 0.154 bits per heavy atom. The first-order valence-electron chi connectivity index (χ1n) is 34.7. The Labute approximate surface area is 596 Å². The summed E-state index contributed by atoms with van der Waals surface area (Å²) in [6.45, 7) is 0. The molecule has 0 radical (unpaired) electrons. The van der Waals surface area contributed by atoms with Gasteiger partial charge in [-0.3, -0.25) is 19.9 Å². The van der Waals surface area contributed by atoms with E-state index in [1.807, 2.05) is 73.1 Å². The third kappa shape index (κ3) is 10.8. The van der Waals surface area contributed by atoms with E-state index in [9.17, 15) is 0 Å². The van der Waals surface area contributed by atoms with Crippen LogP contribution in [0, 0.1) is 0 Å². The molecule has 0 atom stereocenters. The Morgan fingerprint density at radius 2 is 0.442 bits per heavy atom. The van der Waals surface area contributed by atoms with Gasteiger partial charge in [0.05, 0.1) is 89.7 Å². The summed E-state index contributed by atoms with van der Waals surface area (Å²) in [6.07, 6.45) is 7.26. The molecule has 0 aliphatic heterocycles. The molecule has 21 aromatic rings. The molecule has 0 saturated carbocycles. The van der Waals surface area contributed by atoms with Crippen molar-refractivity contribution in [2.45, 2.75) is 0 Å². The van der Waals surface area contributed by atoms with E-state index < -0.39 is 0 Å². The fraction of sp³-hybridized carbons (Fsp3) is 0. The summed E-state index contributed by atoms with van der Waals surface area (Å²) in [5, 5.41) is 15.6. The molecular weight excluding hydrogens is 1270 g/mol. The summed E-state index contributed by atoms with van der Waals surface area (Å²) >= 11 is 0. The number of hydrogen-bond donors (Lipinski definition) is 0. The van der Waals surface area contributed by atoms with E-state index in [0.29, 0.717) is 0 Å². The summed E-state index contributed by atoms with van der Waals surface area (Å²) in [5.41, 5.74) is 23.7. The van der Waals surface area contributed by atoms with E-state index in [-0.39, 0.29) is 0 Å². The molecule has 482 valence electrons. The first-order valence-corrected chi connectivity index (χ1v) is 34.7. The molecule has 0 amide bonds. The van der Waals surface area contributed by atoms with E-state index in [4.69, 9.17) is 34.9 Å². The van der Waals surface area contributed by atoms with Crippen molar-refractivity contribution in [3.05, 3.63) is 340 Å². The molecule has 10 heteroatoms. The van der Waals surface area contributed by atoms with Crippen molar-refractivity contribution < 1.29 is 0 Å². The van der Waals surface area contributed by atoms with Crippen LogP contribution in [0.15, 0.2) is 340 Å². The van der Waals surface area contributed by atoms with Crippen LogP contribution in [-0.2, 0) is 0 Å². The van der Waals surface area contributed by atoms with E-state index in [2.05, 4.69) is 270 Å². The second-order valence-corrected chi connectivity index (χ2v) is 26.3. The molecule has 0 bridgehead atoms. The summed E-state index contributed by atoms with van der Waals surface area (Å²) in [5.74, 6) is 0. The van der Waals surface area contributed by atoms with Crippen molar-refractivity contribution in [1.82, 2.24) is 49.8 Å². The topological polar surface area (TPSA) is 129 Å². The minimum Gasteiger partial charge on any atom is -0.255 e. The maximum atomic E-state index is 5.31. The van der Waals surface area contributed by atoms with Gasteiger partial charge in [0, 0.05) is 90.1 Å². The molecule has 104 heavy (non-hydrogen) atoms. The highest BCUT2D eigenvalue weighted by Crippen LogP contribution is 2.44. The lowest BCUT2D eigenvalue weighted by atomic mass is 9.88. The zero-order chi connectivity index (χ0) is 68.6. The van der Waals surface area contributed by atoms with Crippen molar-refractivity contribution in [3.63, 3.8) is 0 Å². The van der Waals surface area contributed by atoms with E-state index in [1.165, 1.54) is 0 Å². The SMILES string of the molecule is c1ccc(-c2ccc3cc(-c4ccc5nc(-c6c7ccccc7c(-c7ccc8ccc9cccnc9c8n7)c7ccccc67)ccc5c4)ccc3n2)nc1.c1ccc(-c2ccc3cc(-c4ccc5nc(-c6ccc7cc(-c8ccc9ccc%10cccnc%10c9n8)ccc7c6)ccc5c4)ccc3n2)nc1. The van der Waals surface area contributed by atoms with Crippen molar-refractivity contribution in [1.29, 1.82) is 0 Å². The van der Waals surface area contributed by atoms with Gasteiger partial charge in [0.1, 0.15) is 0 Å². The fourth-order valence-corrected chi connectivity index (χ4v) is 14.8. The summed E-state index contributed by atoms with van der Waals surface area (Å²) in [4.78, 5) is 48.7. The standard InChI is InChI=1S/C49H29N5.C45H27N5/c1-3-11-38-36(9-1)46(37-10-2-4-12-39(37)47(38)45-24-16-31-15-14-30-8-7-27-51-48(30)49(31)54-45)44-25-20-35-29-33(18-22-41(35)53-44)32-17-21-40-34(28-32)19-23-43(52-40)42-13-5-6-26-50-42;1-2-22-46-42(5-1)43-21-16-37-27-33(14-19-40(37)49-43)32-13-18-38-36(26-32)15-20-39(48-38)34-10-8-31-25-35(11-9-30(31)24-34)41-17-12-29-7-6-28-4-3-23-47-44(28)45(29)50-41/h1-29H;1-27H. The number of aromatic nitrogens is 10. The first kappa shape index (κ1) is 59.8. The number of fused-ring (bicyclic) bond motifs is 13. The number of pyridine rings is 10. The van der Waals surface area contributed by atoms with Gasteiger partial charge in [-0.25, -0.2) is 29.9 Å². The van der Waals surface area contributed by atoms with Gasteiger partial charge >= 0.3 is 0 Å². The Kier molecular flexibility index (Phi) is 14.3. The second kappa shape index (κ2) is 24.9. The highest BCUT2D eigenvalue weighted by Gasteiger charge is 2.20. The molecule has 0 fully saturated rings. The van der Waals surface area contributed by atoms with Gasteiger partial charge in [-0.1, -0.05) is 182 Å². The highest BCUT2D eigenvalue weighted by molar-refractivity contribution is 6.21. The molecule has 0 unspecified atom stereocenters. The smallest absolute Gasteiger partial charge is 0.0972 e. The van der Waals surface area contributed by atoms with E-state index in [1.54, 1.807) is 12.4 Å². The molecule has 10 aromatic heterocycles. The van der Waals surface area contributed by atoms with E-state index in [0.717, 1.165) is 210 Å². The summed E-state index contributed by atoms with van der Waals surface area (Å²) in [6, 6.07) is 110. The third-order valence-corrected chi connectivity index (χ3v) is 20.0. The molecule has 10 nitrogen and oxygen atoms in total. The Hall–Kier alpha value is -14.2. The maximum Gasteiger partial charge on any atom is 0.0972 e. The average molecular weight is 1330 g/mol. The van der Waals surface area contributed by atoms with Crippen molar-refractivity contribution in [2.24, 2.45) is 0 Å². The normalized spacial score (nSPS) is 11.7. The van der Waals surface area contributed by atoms with Gasteiger partial charge in [0.2, 0.25) is 0 Å². The van der Waals surface area contributed by atoms with Gasteiger partial charge in [-0.15, -0.1) is 0 Å². The minimum atomic E-state index is 0.871. The number of benzene rings is 11. The summed E-state index contributed by atoms with van der Waals surface area (Å²) in [7, 11) is 0. The molecule has 10 heterocycles. The average Bonchev–Trinajstić information content (AvgIpc) is 0.729. The Balaban J connectivity index is 0.000000139. The van der Waals surface area contributed by atoms with Crippen LogP contribution in [0.1, 0.15) is 0 Å². The van der Waals surface area contributed by atoms with Crippen LogP contribution in [0.25, 0.3) is 210 Å². The minimum absolute atomic E-state index is 0.871. The maximum absolute atomic E-state index is 5.31. The zero-order valence-electron chi connectivity index (χ0n) is 55.8. The lowest BCUT2D eigenvalue weighted by Gasteiger charge is -2.17. The monoisotopic (exact) mass is 1320 g/mol. The summed E-state index contributed by atoms with van der Waals surface area (Å²) < 4.78 is 0. The first-order chi connectivity index (χ1) is 51.5. The fourth-order valence-electron chi connectivity index (χ4n) is 14.8. The second-order valence-electron chi connectivity index (χ2n) is 26.3. The van der Waals surface area contributed by atoms with Crippen LogP contribution in [-0.4, -0.2) is 49.8 Å². The molecule has 0 aliphatic rings. The van der Waals surface area contributed by atoms with E-state index >= 15 is 0 Å². The van der Waals surface area contributed by atoms with Gasteiger partial charge in [0.25, 0.3) is 0 Å². The van der Waals surface area contributed by atoms with Crippen molar-refractivity contribution in [3.8, 4) is 90.1 Å². The molecule has 21 rings (SSSR count). The Morgan fingerprint density at radius 3 is 0.856 bits per heavy atom. The lowest BCUT2D eigenvalue weighted by molar-refractivity contribution is 1.28. The number of hydrogen-bond acceptors (Lipinski definition) is 10.